The van der Waals surface area contributed by atoms with Crippen molar-refractivity contribution in [3.8, 4) is 0 Å². The Morgan fingerprint density at radius 2 is 2.20 bits per heavy atom. The van der Waals surface area contributed by atoms with Crippen molar-refractivity contribution in [1.29, 1.82) is 0 Å². The average molecular weight is 227 g/mol. The van der Waals surface area contributed by atoms with Gasteiger partial charge in [0, 0.05) is 17.7 Å². The van der Waals surface area contributed by atoms with E-state index in [0.717, 1.165) is 10.5 Å². The maximum absolute atomic E-state index is 12.0. The highest BCUT2D eigenvalue weighted by Gasteiger charge is 2.12. The Morgan fingerprint density at radius 1 is 1.53 bits per heavy atom. The highest BCUT2D eigenvalue weighted by molar-refractivity contribution is 7.85. The predicted octanol–water partition coefficient (Wildman–Crippen LogP) is 1.72. The summed E-state index contributed by atoms with van der Waals surface area (Å²) in [5.41, 5.74) is 7.34. The van der Waals surface area contributed by atoms with Crippen LogP contribution in [-0.4, -0.2) is 23.2 Å². The molecule has 0 aliphatic heterocycles. The van der Waals surface area contributed by atoms with Gasteiger partial charge < -0.3 is 10.5 Å². The Morgan fingerprint density at radius 3 is 2.80 bits per heavy atom. The molecule has 0 fully saturated rings. The third kappa shape index (κ3) is 3.04. The van der Waals surface area contributed by atoms with Crippen LogP contribution in [0, 0.1) is 6.92 Å². The van der Waals surface area contributed by atoms with E-state index in [4.69, 9.17) is 10.5 Å². The molecule has 1 aromatic carbocycles. The number of rotatable bonds is 4. The van der Waals surface area contributed by atoms with E-state index in [1.54, 1.807) is 7.11 Å². The molecule has 0 heterocycles. The molecule has 0 aliphatic rings. The molecular weight excluding hydrogens is 210 g/mol. The minimum Gasteiger partial charge on any atom is -0.398 e. The fourth-order valence-corrected chi connectivity index (χ4v) is 2.68. The molecule has 0 radical (unpaired) electrons. The van der Waals surface area contributed by atoms with E-state index in [9.17, 15) is 4.21 Å². The minimum absolute atomic E-state index is 0.00772. The normalized spacial score (nSPS) is 14.9. The zero-order chi connectivity index (χ0) is 11.4. The van der Waals surface area contributed by atoms with Crippen molar-refractivity contribution >= 4 is 16.5 Å². The zero-order valence-corrected chi connectivity index (χ0v) is 10.1. The Labute approximate surface area is 93.1 Å². The van der Waals surface area contributed by atoms with Crippen LogP contribution in [0.5, 0.6) is 0 Å². The van der Waals surface area contributed by atoms with E-state index >= 15 is 0 Å². The fourth-order valence-electron chi connectivity index (χ4n) is 1.25. The van der Waals surface area contributed by atoms with E-state index in [1.807, 2.05) is 32.0 Å². The average Bonchev–Trinajstić information content (AvgIpc) is 2.21. The van der Waals surface area contributed by atoms with Crippen LogP contribution in [0.4, 0.5) is 5.69 Å². The van der Waals surface area contributed by atoms with Crippen LogP contribution < -0.4 is 5.73 Å². The van der Waals surface area contributed by atoms with Gasteiger partial charge in [0.15, 0.2) is 0 Å². The lowest BCUT2D eigenvalue weighted by molar-refractivity contribution is 0.137. The summed E-state index contributed by atoms with van der Waals surface area (Å²) in [6, 6.07) is 5.49. The van der Waals surface area contributed by atoms with Crippen molar-refractivity contribution < 1.29 is 8.95 Å². The molecule has 4 heteroatoms. The molecule has 2 atom stereocenters. The van der Waals surface area contributed by atoms with Gasteiger partial charge in [0.05, 0.1) is 22.7 Å². The van der Waals surface area contributed by atoms with Crippen molar-refractivity contribution in [3.05, 3.63) is 23.8 Å². The zero-order valence-electron chi connectivity index (χ0n) is 9.32. The van der Waals surface area contributed by atoms with Crippen LogP contribution in [0.15, 0.2) is 23.1 Å². The van der Waals surface area contributed by atoms with Gasteiger partial charge in [0.2, 0.25) is 0 Å². The van der Waals surface area contributed by atoms with Gasteiger partial charge in [-0.05, 0) is 31.5 Å². The Kier molecular flexibility index (Phi) is 4.29. The summed E-state index contributed by atoms with van der Waals surface area (Å²) in [6.07, 6.45) is -0.00772. The van der Waals surface area contributed by atoms with Gasteiger partial charge >= 0.3 is 0 Å². The van der Waals surface area contributed by atoms with Gasteiger partial charge in [-0.15, -0.1) is 0 Å². The van der Waals surface area contributed by atoms with Gasteiger partial charge in [-0.2, -0.15) is 0 Å². The summed E-state index contributed by atoms with van der Waals surface area (Å²) in [5.74, 6) is 0.501. The summed E-state index contributed by atoms with van der Waals surface area (Å²) < 4.78 is 17.1. The van der Waals surface area contributed by atoms with Gasteiger partial charge in [-0.1, -0.05) is 6.07 Å². The second kappa shape index (κ2) is 5.28. The molecule has 0 saturated heterocycles. The first kappa shape index (κ1) is 12.2. The predicted molar refractivity (Wildman–Crippen MR) is 63.3 cm³/mol. The standard InChI is InChI=1S/C11H17NO2S/c1-8(14-3)7-15(13)11-6-4-5-10(12)9(11)2/h4-6,8H,7,12H2,1-3H3. The largest absolute Gasteiger partial charge is 0.398 e. The first-order chi connectivity index (χ1) is 7.06. The van der Waals surface area contributed by atoms with E-state index < -0.39 is 10.8 Å². The van der Waals surface area contributed by atoms with Gasteiger partial charge in [0.25, 0.3) is 0 Å². The van der Waals surface area contributed by atoms with Crippen molar-refractivity contribution in [2.75, 3.05) is 18.6 Å². The highest BCUT2D eigenvalue weighted by Crippen LogP contribution is 2.19. The SMILES string of the molecule is COC(C)CS(=O)c1cccc(N)c1C. The number of anilines is 1. The molecule has 0 aromatic heterocycles. The summed E-state index contributed by atoms with van der Waals surface area (Å²) in [4.78, 5) is 0.805. The maximum Gasteiger partial charge on any atom is 0.0662 e. The minimum atomic E-state index is -1.04. The molecule has 1 aromatic rings. The summed E-state index contributed by atoms with van der Waals surface area (Å²) in [7, 11) is 0.579. The van der Waals surface area contributed by atoms with Crippen LogP contribution in [-0.2, 0) is 15.5 Å². The smallest absolute Gasteiger partial charge is 0.0662 e. The first-order valence-corrected chi connectivity index (χ1v) is 6.14. The Bertz CT molecular complexity index is 366. The van der Waals surface area contributed by atoms with Crippen LogP contribution in [0.1, 0.15) is 12.5 Å². The molecule has 0 amide bonds. The third-order valence-electron chi connectivity index (χ3n) is 2.36. The van der Waals surface area contributed by atoms with Gasteiger partial charge in [-0.25, -0.2) is 0 Å². The van der Waals surface area contributed by atoms with Crippen molar-refractivity contribution in [2.45, 2.75) is 24.8 Å². The van der Waals surface area contributed by atoms with Gasteiger partial charge in [-0.3, -0.25) is 4.21 Å². The molecule has 0 bridgehead atoms. The summed E-state index contributed by atoms with van der Waals surface area (Å²) in [6.45, 7) is 3.79. The molecule has 0 spiro atoms. The number of hydrogen-bond donors (Lipinski definition) is 1. The molecule has 3 nitrogen and oxygen atoms in total. The lowest BCUT2D eigenvalue weighted by Crippen LogP contribution is -2.16. The molecule has 1 rings (SSSR count). The monoisotopic (exact) mass is 227 g/mol. The summed E-state index contributed by atoms with van der Waals surface area (Å²) in [5, 5.41) is 0. The second-order valence-corrected chi connectivity index (χ2v) is 4.99. The topological polar surface area (TPSA) is 52.3 Å². The van der Waals surface area contributed by atoms with Gasteiger partial charge in [0.1, 0.15) is 0 Å². The quantitative estimate of drug-likeness (QED) is 0.797. The number of methoxy groups -OCH3 is 1. The molecule has 15 heavy (non-hydrogen) atoms. The fraction of sp³-hybridized carbons (Fsp3) is 0.455. The van der Waals surface area contributed by atoms with Crippen LogP contribution in [0.2, 0.25) is 0 Å². The highest BCUT2D eigenvalue weighted by atomic mass is 32.2. The molecule has 0 aliphatic carbocycles. The van der Waals surface area contributed by atoms with Crippen molar-refractivity contribution in [3.63, 3.8) is 0 Å². The van der Waals surface area contributed by atoms with E-state index in [1.165, 1.54) is 0 Å². The number of ether oxygens (including phenoxy) is 1. The Balaban J connectivity index is 2.87. The molecule has 84 valence electrons. The van der Waals surface area contributed by atoms with E-state index in [0.29, 0.717) is 11.4 Å². The molecular formula is C11H17NO2S. The van der Waals surface area contributed by atoms with E-state index in [-0.39, 0.29) is 6.10 Å². The second-order valence-electron chi connectivity index (χ2n) is 3.53. The van der Waals surface area contributed by atoms with E-state index in [2.05, 4.69) is 0 Å². The van der Waals surface area contributed by atoms with Crippen molar-refractivity contribution in [1.82, 2.24) is 0 Å². The molecule has 2 unspecified atom stereocenters. The molecule has 2 N–H and O–H groups in total. The summed E-state index contributed by atoms with van der Waals surface area (Å²) >= 11 is 0. The maximum atomic E-state index is 12.0. The number of benzene rings is 1. The lowest BCUT2D eigenvalue weighted by atomic mass is 10.2. The van der Waals surface area contributed by atoms with Crippen LogP contribution >= 0.6 is 0 Å². The Hall–Kier alpha value is -0.870. The third-order valence-corrected chi connectivity index (χ3v) is 4.06. The molecule has 0 saturated carbocycles. The number of nitrogens with two attached hydrogens (primary N) is 1. The van der Waals surface area contributed by atoms with Crippen LogP contribution in [0.25, 0.3) is 0 Å². The number of hydrogen-bond acceptors (Lipinski definition) is 3. The first-order valence-electron chi connectivity index (χ1n) is 4.82. The number of nitrogen functional groups attached to an aromatic ring is 1. The van der Waals surface area contributed by atoms with Crippen LogP contribution in [0.3, 0.4) is 0 Å². The van der Waals surface area contributed by atoms with Crippen molar-refractivity contribution in [2.24, 2.45) is 0 Å². The lowest BCUT2D eigenvalue weighted by Gasteiger charge is -2.11.